The molecule has 0 spiro atoms. The molecule has 0 atom stereocenters. The summed E-state index contributed by atoms with van der Waals surface area (Å²) in [5.74, 6) is 0. The molecular weight excluding hydrogens is 216 g/mol. The van der Waals surface area contributed by atoms with Gasteiger partial charge in [-0.15, -0.1) is 0 Å². The summed E-state index contributed by atoms with van der Waals surface area (Å²) >= 11 is 0. The molecule has 0 N–H and O–H groups in total. The summed E-state index contributed by atoms with van der Waals surface area (Å²) in [7, 11) is 0. The number of hydrogen-bond donors (Lipinski definition) is 0. The molecule has 0 heteroatoms. The van der Waals surface area contributed by atoms with Crippen LogP contribution in [0.1, 0.15) is 58.2 Å². The van der Waals surface area contributed by atoms with E-state index in [4.69, 9.17) is 0 Å². The Morgan fingerprint density at radius 3 is 2.06 bits per heavy atom. The fourth-order valence-electron chi connectivity index (χ4n) is 1.94. The Labute approximate surface area is 113 Å². The second-order valence-electron chi connectivity index (χ2n) is 7.62. The molecule has 0 fully saturated rings. The third-order valence-corrected chi connectivity index (χ3v) is 2.86. The lowest BCUT2D eigenvalue weighted by molar-refractivity contribution is 0.410. The van der Waals surface area contributed by atoms with Crippen LogP contribution in [-0.4, -0.2) is 0 Å². The highest BCUT2D eigenvalue weighted by Crippen LogP contribution is 2.24. The first-order valence-corrected chi connectivity index (χ1v) is 6.86. The van der Waals surface area contributed by atoms with Gasteiger partial charge in [0.25, 0.3) is 0 Å². The molecule has 0 saturated carbocycles. The molecule has 0 aliphatic heterocycles. The zero-order valence-corrected chi connectivity index (χ0v) is 13.1. The normalized spacial score (nSPS) is 13.3. The van der Waals surface area contributed by atoms with Gasteiger partial charge >= 0.3 is 0 Å². The predicted octanol–water partition coefficient (Wildman–Crippen LogP) is 5.64. The van der Waals surface area contributed by atoms with Crippen molar-refractivity contribution in [1.29, 1.82) is 0 Å². The van der Waals surface area contributed by atoms with E-state index in [1.54, 1.807) is 0 Å². The van der Waals surface area contributed by atoms with Crippen LogP contribution in [0.25, 0.3) is 6.08 Å². The van der Waals surface area contributed by atoms with Crippen LogP contribution in [0, 0.1) is 17.8 Å². The Morgan fingerprint density at radius 2 is 1.61 bits per heavy atom. The van der Waals surface area contributed by atoms with Gasteiger partial charge in [-0.2, -0.15) is 0 Å². The van der Waals surface area contributed by atoms with E-state index >= 15 is 0 Å². The molecule has 18 heavy (non-hydrogen) atoms. The summed E-state index contributed by atoms with van der Waals surface area (Å²) in [5, 5.41) is 0. The molecule has 0 nitrogen and oxygen atoms in total. The van der Waals surface area contributed by atoms with Gasteiger partial charge in [-0.05, 0) is 40.9 Å². The van der Waals surface area contributed by atoms with Crippen LogP contribution in [0.2, 0.25) is 0 Å². The van der Waals surface area contributed by atoms with Crippen molar-refractivity contribution in [3.05, 3.63) is 41.0 Å². The largest absolute Gasteiger partial charge is 0.0785 e. The summed E-state index contributed by atoms with van der Waals surface area (Å²) in [4.78, 5) is 0. The molecule has 1 aromatic carbocycles. The molecule has 0 saturated heterocycles. The molecule has 0 bridgehead atoms. The number of allylic oxidation sites excluding steroid dienone is 1. The second-order valence-corrected chi connectivity index (χ2v) is 7.62. The molecule has 0 aliphatic carbocycles. The Balaban J connectivity index is 2.90. The van der Waals surface area contributed by atoms with Crippen molar-refractivity contribution in [3.8, 4) is 0 Å². The molecule has 0 aliphatic rings. The minimum atomic E-state index is 0.248. The molecule has 0 amide bonds. The van der Waals surface area contributed by atoms with Crippen molar-refractivity contribution in [2.24, 2.45) is 10.8 Å². The minimum absolute atomic E-state index is 0.248. The minimum Gasteiger partial charge on any atom is -0.0785 e. The quantitative estimate of drug-likeness (QED) is 0.631. The molecule has 0 aromatic heterocycles. The van der Waals surface area contributed by atoms with Gasteiger partial charge in [0.15, 0.2) is 0 Å². The first-order valence-electron chi connectivity index (χ1n) is 6.86. The molecule has 0 radical (unpaired) electrons. The second kappa shape index (κ2) is 5.30. The van der Waals surface area contributed by atoms with E-state index in [1.807, 2.05) is 0 Å². The summed E-state index contributed by atoms with van der Waals surface area (Å²) in [6, 6.07) is 6.81. The van der Waals surface area contributed by atoms with Crippen molar-refractivity contribution < 1.29 is 0 Å². The lowest BCUT2D eigenvalue weighted by Gasteiger charge is -2.20. The van der Waals surface area contributed by atoms with E-state index in [2.05, 4.69) is 78.8 Å². The Kier molecular flexibility index (Phi) is 4.42. The van der Waals surface area contributed by atoms with Gasteiger partial charge < -0.3 is 0 Å². The average molecular weight is 244 g/mol. The van der Waals surface area contributed by atoms with Crippen molar-refractivity contribution in [1.82, 2.24) is 0 Å². The van der Waals surface area contributed by atoms with Gasteiger partial charge in [-0.3, -0.25) is 0 Å². The standard InChI is InChI=1S/C18H28/c1-14-12-15(10-11-17(2,3)4)8-9-16(14)13-18(5,6)7/h8-12H,13H2,1-7H3/b11-10+. The fraction of sp³-hybridized carbons (Fsp3) is 0.556. The molecule has 100 valence electrons. The molecule has 0 unspecified atom stereocenters. The monoisotopic (exact) mass is 244 g/mol. The third kappa shape index (κ3) is 5.53. The maximum atomic E-state index is 2.29. The smallest absolute Gasteiger partial charge is 0.0200 e. The molecule has 0 heterocycles. The zero-order chi connectivity index (χ0) is 14.0. The van der Waals surface area contributed by atoms with E-state index in [0.29, 0.717) is 5.41 Å². The Bertz CT molecular complexity index is 422. The highest BCUT2D eigenvalue weighted by atomic mass is 14.2. The number of rotatable bonds is 2. The molecule has 1 aromatic rings. The number of aryl methyl sites for hydroxylation is 1. The Hall–Kier alpha value is -1.04. The summed E-state index contributed by atoms with van der Waals surface area (Å²) in [6.45, 7) is 15.8. The maximum Gasteiger partial charge on any atom is -0.0200 e. The molecule has 1 rings (SSSR count). The SMILES string of the molecule is Cc1cc(/C=C/C(C)(C)C)ccc1CC(C)(C)C. The van der Waals surface area contributed by atoms with E-state index in [-0.39, 0.29) is 5.41 Å². The lowest BCUT2D eigenvalue weighted by Crippen LogP contribution is -2.10. The van der Waals surface area contributed by atoms with Gasteiger partial charge in [0, 0.05) is 0 Å². The van der Waals surface area contributed by atoms with Gasteiger partial charge in [-0.1, -0.05) is 71.9 Å². The van der Waals surface area contributed by atoms with Crippen LogP contribution in [-0.2, 0) is 6.42 Å². The van der Waals surface area contributed by atoms with Crippen molar-refractivity contribution in [2.75, 3.05) is 0 Å². The van der Waals surface area contributed by atoms with Gasteiger partial charge in [0.05, 0.1) is 0 Å². The first-order chi connectivity index (χ1) is 8.07. The van der Waals surface area contributed by atoms with Crippen LogP contribution in [0.3, 0.4) is 0 Å². The van der Waals surface area contributed by atoms with Crippen LogP contribution >= 0.6 is 0 Å². The first kappa shape index (κ1) is 15.0. The Morgan fingerprint density at radius 1 is 1.00 bits per heavy atom. The summed E-state index contributed by atoms with van der Waals surface area (Å²) in [5.41, 5.74) is 4.78. The highest BCUT2D eigenvalue weighted by Gasteiger charge is 2.12. The van der Waals surface area contributed by atoms with Gasteiger partial charge in [-0.25, -0.2) is 0 Å². The average Bonchev–Trinajstić information content (AvgIpc) is 2.15. The van der Waals surface area contributed by atoms with Crippen LogP contribution in [0.4, 0.5) is 0 Å². The van der Waals surface area contributed by atoms with E-state index < -0.39 is 0 Å². The highest BCUT2D eigenvalue weighted by molar-refractivity contribution is 5.52. The van der Waals surface area contributed by atoms with Crippen molar-refractivity contribution in [2.45, 2.75) is 54.9 Å². The topological polar surface area (TPSA) is 0 Å². The van der Waals surface area contributed by atoms with Gasteiger partial charge in [0.1, 0.15) is 0 Å². The van der Waals surface area contributed by atoms with E-state index in [1.165, 1.54) is 16.7 Å². The summed E-state index contributed by atoms with van der Waals surface area (Å²) in [6.07, 6.45) is 5.64. The van der Waals surface area contributed by atoms with Crippen molar-refractivity contribution >= 4 is 6.08 Å². The van der Waals surface area contributed by atoms with Crippen LogP contribution in [0.15, 0.2) is 24.3 Å². The van der Waals surface area contributed by atoms with Gasteiger partial charge in [0.2, 0.25) is 0 Å². The van der Waals surface area contributed by atoms with E-state index in [9.17, 15) is 0 Å². The van der Waals surface area contributed by atoms with Crippen molar-refractivity contribution in [3.63, 3.8) is 0 Å². The van der Waals surface area contributed by atoms with Crippen LogP contribution < -0.4 is 0 Å². The van der Waals surface area contributed by atoms with Crippen LogP contribution in [0.5, 0.6) is 0 Å². The number of hydrogen-bond acceptors (Lipinski definition) is 0. The van der Waals surface area contributed by atoms with E-state index in [0.717, 1.165) is 6.42 Å². The predicted molar refractivity (Wildman–Crippen MR) is 82.8 cm³/mol. The zero-order valence-electron chi connectivity index (χ0n) is 13.1. The lowest BCUT2D eigenvalue weighted by atomic mass is 9.86. The summed E-state index contributed by atoms with van der Waals surface area (Å²) < 4.78 is 0. The maximum absolute atomic E-state index is 2.29. The fourth-order valence-corrected chi connectivity index (χ4v) is 1.94. The number of benzene rings is 1. The molecular formula is C18H28. The third-order valence-electron chi connectivity index (χ3n) is 2.86.